The minimum absolute atomic E-state index is 0.0204. The summed E-state index contributed by atoms with van der Waals surface area (Å²) in [7, 11) is 3.75. The second-order valence-electron chi connectivity index (χ2n) is 5.01. The van der Waals surface area contributed by atoms with E-state index < -0.39 is 17.7 Å². The highest BCUT2D eigenvalue weighted by Crippen LogP contribution is 2.33. The van der Waals surface area contributed by atoms with Crippen molar-refractivity contribution in [1.29, 1.82) is 0 Å². The molecule has 0 radical (unpaired) electrons. The molecule has 138 valence electrons. The first-order valence-corrected chi connectivity index (χ1v) is 8.49. The van der Waals surface area contributed by atoms with Crippen LogP contribution in [0.15, 0.2) is 23.1 Å². The molecule has 0 aromatic heterocycles. The van der Waals surface area contributed by atoms with Gasteiger partial charge in [0.15, 0.2) is 0 Å². The highest BCUT2D eigenvalue weighted by Gasteiger charge is 2.55. The molecule has 3 N–H and O–H groups in total. The maximum absolute atomic E-state index is 12.5. The molecular weight excluding hydrogens is 365 g/mol. The van der Waals surface area contributed by atoms with Crippen LogP contribution in [0.3, 0.4) is 0 Å². The number of rotatable bonds is 5. The molecule has 4 nitrogen and oxygen atoms in total. The average molecular weight is 387 g/mol. The molecule has 1 atom stereocenters. The number of benzene rings is 1. The molecule has 0 spiro atoms. The summed E-state index contributed by atoms with van der Waals surface area (Å²) in [6.07, 6.45) is -4.10. The van der Waals surface area contributed by atoms with Gasteiger partial charge in [0.05, 0.1) is 10.7 Å². The maximum atomic E-state index is 12.5. The highest BCUT2D eigenvalue weighted by atomic mass is 35.5. The van der Waals surface area contributed by atoms with Gasteiger partial charge in [0.2, 0.25) is 5.60 Å². The fourth-order valence-electron chi connectivity index (χ4n) is 1.28. The van der Waals surface area contributed by atoms with Crippen LogP contribution in [0.4, 0.5) is 18.9 Å². The Balaban J connectivity index is 0.00000163. The topological polar surface area (TPSA) is 61.4 Å². The predicted molar refractivity (Wildman–Crippen MR) is 92.8 cm³/mol. The van der Waals surface area contributed by atoms with Crippen LogP contribution >= 0.6 is 23.4 Å². The van der Waals surface area contributed by atoms with E-state index in [-0.39, 0.29) is 10.7 Å². The lowest BCUT2D eigenvalue weighted by Crippen LogP contribution is -2.52. The number of anilines is 1. The molecule has 0 bridgehead atoms. The molecule has 0 saturated heterocycles. The second-order valence-corrected chi connectivity index (χ2v) is 6.59. The molecule has 0 heterocycles. The van der Waals surface area contributed by atoms with Gasteiger partial charge in [-0.05, 0) is 51.4 Å². The number of carbonyl (C=O) groups is 1. The molecule has 0 fully saturated rings. The van der Waals surface area contributed by atoms with Crippen LogP contribution < -0.4 is 10.6 Å². The van der Waals surface area contributed by atoms with Gasteiger partial charge in [-0.3, -0.25) is 4.79 Å². The van der Waals surface area contributed by atoms with Crippen molar-refractivity contribution >= 4 is 35.0 Å². The van der Waals surface area contributed by atoms with Gasteiger partial charge in [0.1, 0.15) is 0 Å². The molecule has 1 aromatic carbocycles. The number of hydrogen-bond donors (Lipinski definition) is 3. The lowest BCUT2D eigenvalue weighted by molar-refractivity contribution is -0.242. The minimum atomic E-state index is -5.07. The Hall–Kier alpha value is -0.960. The van der Waals surface area contributed by atoms with Gasteiger partial charge < -0.3 is 15.7 Å². The second kappa shape index (κ2) is 10.1. The Morgan fingerprint density at radius 3 is 2.29 bits per heavy atom. The van der Waals surface area contributed by atoms with Gasteiger partial charge in [0.25, 0.3) is 5.91 Å². The molecule has 1 amide bonds. The first-order valence-electron chi connectivity index (χ1n) is 7.12. The van der Waals surface area contributed by atoms with Gasteiger partial charge in [-0.2, -0.15) is 13.2 Å². The van der Waals surface area contributed by atoms with Crippen molar-refractivity contribution in [2.75, 3.05) is 25.2 Å². The number of nitrogens with one attached hydrogen (secondary N) is 2. The number of carbonyl (C=O) groups excluding carboxylic acids is 1. The molecule has 0 aliphatic heterocycles. The van der Waals surface area contributed by atoms with E-state index in [0.29, 0.717) is 6.92 Å². The third-order valence-electron chi connectivity index (χ3n) is 2.66. The largest absolute Gasteiger partial charge is 0.426 e. The summed E-state index contributed by atoms with van der Waals surface area (Å²) >= 11 is 7.47. The normalized spacial score (nSPS) is 13.5. The minimum Gasteiger partial charge on any atom is -0.373 e. The standard InChI is InChI=1S/C13H15ClF3NO2S.C2H7N/c1-3-6-21-8-4-5-10(9(14)7-8)18-11(19)12(2,20)13(15,16)17;1-3-2/h4-5,7,20H,3,6H2,1-2H3,(H,18,19);3H,1-2H3. The Morgan fingerprint density at radius 2 is 1.88 bits per heavy atom. The van der Waals surface area contributed by atoms with E-state index in [0.717, 1.165) is 17.1 Å². The van der Waals surface area contributed by atoms with Crippen molar-refractivity contribution in [2.45, 2.75) is 36.9 Å². The monoisotopic (exact) mass is 386 g/mol. The number of thioether (sulfide) groups is 1. The molecule has 9 heteroatoms. The maximum Gasteiger partial charge on any atom is 0.426 e. The van der Waals surface area contributed by atoms with E-state index in [4.69, 9.17) is 11.6 Å². The molecule has 0 aliphatic carbocycles. The predicted octanol–water partition coefficient (Wildman–Crippen LogP) is 3.93. The van der Waals surface area contributed by atoms with Gasteiger partial charge in [-0.15, -0.1) is 11.8 Å². The zero-order valence-corrected chi connectivity index (χ0v) is 15.5. The van der Waals surface area contributed by atoms with Crippen molar-refractivity contribution < 1.29 is 23.1 Å². The van der Waals surface area contributed by atoms with Crippen LogP contribution in [0.1, 0.15) is 20.3 Å². The zero-order valence-electron chi connectivity index (χ0n) is 13.9. The van der Waals surface area contributed by atoms with Crippen molar-refractivity contribution in [3.8, 4) is 0 Å². The number of halogens is 4. The van der Waals surface area contributed by atoms with Crippen LogP contribution in [0.2, 0.25) is 5.02 Å². The summed E-state index contributed by atoms with van der Waals surface area (Å²) in [6.45, 7) is 2.41. The lowest BCUT2D eigenvalue weighted by Gasteiger charge is -2.25. The lowest BCUT2D eigenvalue weighted by atomic mass is 10.1. The van der Waals surface area contributed by atoms with E-state index in [9.17, 15) is 23.1 Å². The fourth-order valence-corrected chi connectivity index (χ4v) is 2.38. The summed E-state index contributed by atoms with van der Waals surface area (Å²) in [5.74, 6) is -0.698. The number of aliphatic hydroxyl groups is 1. The Morgan fingerprint density at radius 1 is 1.33 bits per heavy atom. The van der Waals surface area contributed by atoms with Crippen LogP contribution in [-0.4, -0.2) is 42.6 Å². The summed E-state index contributed by atoms with van der Waals surface area (Å²) in [4.78, 5) is 12.4. The Kier molecular flexibility index (Phi) is 9.72. The summed E-state index contributed by atoms with van der Waals surface area (Å²) in [5, 5.41) is 14.1. The first kappa shape index (κ1) is 23.0. The highest BCUT2D eigenvalue weighted by molar-refractivity contribution is 7.99. The summed E-state index contributed by atoms with van der Waals surface area (Å²) < 4.78 is 37.6. The Bertz CT molecular complexity index is 540. The van der Waals surface area contributed by atoms with Gasteiger partial charge in [0, 0.05) is 4.90 Å². The first-order chi connectivity index (χ1) is 11.0. The van der Waals surface area contributed by atoms with E-state index in [1.54, 1.807) is 23.9 Å². The van der Waals surface area contributed by atoms with Crippen LogP contribution in [0, 0.1) is 0 Å². The molecule has 1 rings (SSSR count). The van der Waals surface area contributed by atoms with Crippen molar-refractivity contribution in [1.82, 2.24) is 5.32 Å². The van der Waals surface area contributed by atoms with Crippen molar-refractivity contribution in [3.63, 3.8) is 0 Å². The fraction of sp³-hybridized carbons (Fsp3) is 0.533. The van der Waals surface area contributed by atoms with Crippen LogP contribution in [0.5, 0.6) is 0 Å². The van der Waals surface area contributed by atoms with Crippen molar-refractivity contribution in [3.05, 3.63) is 23.2 Å². The molecule has 0 aliphatic rings. The zero-order chi connectivity index (χ0) is 19.0. The summed E-state index contributed by atoms with van der Waals surface area (Å²) in [6, 6.07) is 4.61. The van der Waals surface area contributed by atoms with E-state index >= 15 is 0 Å². The van der Waals surface area contributed by atoms with E-state index in [1.807, 2.05) is 26.3 Å². The smallest absolute Gasteiger partial charge is 0.373 e. The van der Waals surface area contributed by atoms with Gasteiger partial charge in [-0.1, -0.05) is 18.5 Å². The van der Waals surface area contributed by atoms with Crippen LogP contribution in [-0.2, 0) is 4.79 Å². The number of alkyl halides is 3. The summed E-state index contributed by atoms with van der Waals surface area (Å²) in [5.41, 5.74) is -3.46. The quantitative estimate of drug-likeness (QED) is 0.671. The number of amides is 1. The molecule has 1 unspecified atom stereocenters. The van der Waals surface area contributed by atoms with E-state index in [2.05, 4.69) is 5.32 Å². The average Bonchev–Trinajstić information content (AvgIpc) is 2.47. The molecule has 24 heavy (non-hydrogen) atoms. The van der Waals surface area contributed by atoms with Gasteiger partial charge >= 0.3 is 6.18 Å². The van der Waals surface area contributed by atoms with Gasteiger partial charge in [-0.25, -0.2) is 0 Å². The SMILES string of the molecule is CCCSc1ccc(NC(=O)C(C)(O)C(F)(F)F)c(Cl)c1.CNC. The molecular formula is C15H22ClF3N2O2S. The molecule has 0 saturated carbocycles. The third kappa shape index (κ3) is 6.88. The number of hydrogen-bond acceptors (Lipinski definition) is 4. The van der Waals surface area contributed by atoms with Crippen LogP contribution in [0.25, 0.3) is 0 Å². The van der Waals surface area contributed by atoms with Crippen molar-refractivity contribution in [2.24, 2.45) is 0 Å². The Labute approximate surface area is 149 Å². The molecule has 1 aromatic rings. The third-order valence-corrected chi connectivity index (χ3v) is 4.17. The van der Waals surface area contributed by atoms with E-state index in [1.165, 1.54) is 6.07 Å².